The largest absolute Gasteiger partial charge is 0.497 e. The summed E-state index contributed by atoms with van der Waals surface area (Å²) >= 11 is 0. The zero-order valence-corrected chi connectivity index (χ0v) is 23.0. The topological polar surface area (TPSA) is 104 Å². The van der Waals surface area contributed by atoms with E-state index < -0.39 is 12.0 Å². The average Bonchev–Trinajstić information content (AvgIpc) is 3.36. The molecule has 2 heterocycles. The van der Waals surface area contributed by atoms with Crippen molar-refractivity contribution < 1.29 is 23.8 Å². The molecule has 0 bridgehead atoms. The number of fused-ring (bicyclic) bond motifs is 1. The van der Waals surface area contributed by atoms with Gasteiger partial charge in [0.2, 0.25) is 5.91 Å². The Kier molecular flexibility index (Phi) is 8.81. The van der Waals surface area contributed by atoms with Gasteiger partial charge in [-0.25, -0.2) is 14.3 Å². The molecule has 0 radical (unpaired) electrons. The Morgan fingerprint density at radius 3 is 2.49 bits per heavy atom. The lowest BCUT2D eigenvalue weighted by atomic mass is 10.0. The van der Waals surface area contributed by atoms with Gasteiger partial charge in [-0.3, -0.25) is 4.79 Å². The van der Waals surface area contributed by atoms with Crippen molar-refractivity contribution in [3.05, 3.63) is 77.1 Å². The molecule has 2 aromatic heterocycles. The van der Waals surface area contributed by atoms with Gasteiger partial charge in [0.05, 0.1) is 26.5 Å². The first-order chi connectivity index (χ1) is 18.8. The molecule has 1 atom stereocenters. The lowest BCUT2D eigenvalue weighted by molar-refractivity contribution is -0.147. The number of hydrogen-bond donors (Lipinski definition) is 1. The van der Waals surface area contributed by atoms with Gasteiger partial charge in [-0.1, -0.05) is 30.3 Å². The van der Waals surface area contributed by atoms with Gasteiger partial charge in [-0.2, -0.15) is 5.10 Å². The van der Waals surface area contributed by atoms with Crippen molar-refractivity contribution in [3.8, 4) is 22.8 Å². The first kappa shape index (κ1) is 27.6. The standard InChI is InChI=1S/C30H34N4O5/c1-6-39-30(36)26(16-21-10-8-7-9-11-21)32-29(35)15-14-23-19(2)31-28-18-25(33-34(28)20(23)3)24-13-12-22(37-4)17-27(24)38-5/h7-13,17-18,26H,6,14-16H2,1-5H3,(H,32,35)/t26-/m0/s1. The summed E-state index contributed by atoms with van der Waals surface area (Å²) in [6, 6.07) is 16.3. The van der Waals surface area contributed by atoms with Gasteiger partial charge in [-0.05, 0) is 50.5 Å². The Labute approximate surface area is 228 Å². The summed E-state index contributed by atoms with van der Waals surface area (Å²) in [6.45, 7) is 5.89. The third-order valence-electron chi connectivity index (χ3n) is 6.64. The third kappa shape index (κ3) is 6.37. The van der Waals surface area contributed by atoms with E-state index in [0.29, 0.717) is 30.0 Å². The van der Waals surface area contributed by atoms with Crippen molar-refractivity contribution >= 4 is 17.5 Å². The fraction of sp³-hybridized carbons (Fsp3) is 0.333. The van der Waals surface area contributed by atoms with E-state index in [1.54, 1.807) is 25.7 Å². The number of nitrogens with one attached hydrogen (secondary N) is 1. The van der Waals surface area contributed by atoms with Crippen molar-refractivity contribution in [2.45, 2.75) is 46.1 Å². The second-order valence-electron chi connectivity index (χ2n) is 9.19. The van der Waals surface area contributed by atoms with Gasteiger partial charge in [-0.15, -0.1) is 0 Å². The molecule has 0 fully saturated rings. The molecule has 0 aliphatic carbocycles. The number of carbonyl (C=O) groups is 2. The molecule has 0 spiro atoms. The molecule has 0 saturated heterocycles. The minimum Gasteiger partial charge on any atom is -0.497 e. The summed E-state index contributed by atoms with van der Waals surface area (Å²) in [5.41, 5.74) is 5.85. The lowest BCUT2D eigenvalue weighted by Gasteiger charge is -2.18. The monoisotopic (exact) mass is 530 g/mol. The molecule has 4 aromatic rings. The molecule has 2 aromatic carbocycles. The Bertz CT molecular complexity index is 1470. The Morgan fingerprint density at radius 1 is 1.03 bits per heavy atom. The second-order valence-corrected chi connectivity index (χ2v) is 9.19. The normalized spacial score (nSPS) is 11.7. The second kappa shape index (κ2) is 12.4. The predicted octanol–water partition coefficient (Wildman–Crippen LogP) is 4.25. The molecule has 4 rings (SSSR count). The van der Waals surface area contributed by atoms with Crippen LogP contribution >= 0.6 is 0 Å². The van der Waals surface area contributed by atoms with Crippen LogP contribution in [-0.2, 0) is 27.2 Å². The first-order valence-electron chi connectivity index (χ1n) is 12.9. The predicted molar refractivity (Wildman–Crippen MR) is 148 cm³/mol. The maximum atomic E-state index is 12.9. The van der Waals surface area contributed by atoms with Crippen LogP contribution in [0.3, 0.4) is 0 Å². The highest BCUT2D eigenvalue weighted by Crippen LogP contribution is 2.33. The number of esters is 1. The summed E-state index contributed by atoms with van der Waals surface area (Å²) in [4.78, 5) is 30.2. The zero-order valence-electron chi connectivity index (χ0n) is 23.0. The number of aromatic nitrogens is 3. The number of carbonyl (C=O) groups excluding carboxylic acids is 2. The molecule has 1 amide bonds. The van der Waals surface area contributed by atoms with Crippen LogP contribution in [0.5, 0.6) is 11.5 Å². The number of aryl methyl sites for hydroxylation is 2. The van der Waals surface area contributed by atoms with Crippen LogP contribution in [0.15, 0.2) is 54.6 Å². The average molecular weight is 531 g/mol. The van der Waals surface area contributed by atoms with Crippen molar-refractivity contribution in [2.75, 3.05) is 20.8 Å². The number of benzene rings is 2. The van der Waals surface area contributed by atoms with Gasteiger partial charge in [0.1, 0.15) is 17.5 Å². The maximum Gasteiger partial charge on any atom is 0.328 e. The van der Waals surface area contributed by atoms with Crippen molar-refractivity contribution in [1.29, 1.82) is 0 Å². The van der Waals surface area contributed by atoms with Crippen LogP contribution in [0.4, 0.5) is 0 Å². The van der Waals surface area contributed by atoms with Crippen molar-refractivity contribution in [2.24, 2.45) is 0 Å². The quantitative estimate of drug-likeness (QED) is 0.289. The SMILES string of the molecule is CCOC(=O)[C@H](Cc1ccccc1)NC(=O)CCc1c(C)nc2cc(-c3ccc(OC)cc3OC)nn2c1C. The van der Waals surface area contributed by atoms with E-state index >= 15 is 0 Å². The molecule has 0 aliphatic rings. The number of nitrogens with zero attached hydrogens (tertiary/aromatic N) is 3. The third-order valence-corrected chi connectivity index (χ3v) is 6.64. The number of hydrogen-bond acceptors (Lipinski definition) is 7. The van der Waals surface area contributed by atoms with Crippen LogP contribution < -0.4 is 14.8 Å². The molecule has 39 heavy (non-hydrogen) atoms. The van der Waals surface area contributed by atoms with Gasteiger partial charge in [0.15, 0.2) is 5.65 Å². The highest BCUT2D eigenvalue weighted by molar-refractivity contribution is 5.85. The summed E-state index contributed by atoms with van der Waals surface area (Å²) in [5, 5.41) is 7.65. The van der Waals surface area contributed by atoms with E-state index in [0.717, 1.165) is 33.8 Å². The minimum absolute atomic E-state index is 0.194. The highest BCUT2D eigenvalue weighted by Gasteiger charge is 2.23. The number of rotatable bonds is 11. The maximum absolute atomic E-state index is 12.9. The van der Waals surface area contributed by atoms with Gasteiger partial charge in [0.25, 0.3) is 0 Å². The van der Waals surface area contributed by atoms with Gasteiger partial charge < -0.3 is 19.5 Å². The molecule has 0 saturated carbocycles. The molecular formula is C30H34N4O5. The summed E-state index contributed by atoms with van der Waals surface area (Å²) < 4.78 is 17.9. The van der Waals surface area contributed by atoms with Crippen LogP contribution in [0, 0.1) is 13.8 Å². The number of methoxy groups -OCH3 is 2. The number of ether oxygens (including phenoxy) is 3. The Morgan fingerprint density at radius 2 is 1.79 bits per heavy atom. The van der Waals surface area contributed by atoms with Gasteiger partial charge in [0, 0.05) is 41.9 Å². The van der Waals surface area contributed by atoms with Crippen LogP contribution in [0.25, 0.3) is 16.9 Å². The fourth-order valence-corrected chi connectivity index (χ4v) is 4.62. The lowest BCUT2D eigenvalue weighted by Crippen LogP contribution is -2.43. The molecule has 0 aliphatic heterocycles. The van der Waals surface area contributed by atoms with E-state index in [4.69, 9.17) is 24.3 Å². The summed E-state index contributed by atoms with van der Waals surface area (Å²) in [6.07, 6.45) is 1.01. The zero-order chi connectivity index (χ0) is 27.9. The Hall–Kier alpha value is -4.40. The van der Waals surface area contributed by atoms with Crippen LogP contribution in [0.1, 0.15) is 35.9 Å². The van der Waals surface area contributed by atoms with E-state index in [1.165, 1.54) is 0 Å². The minimum atomic E-state index is -0.754. The van der Waals surface area contributed by atoms with E-state index in [-0.39, 0.29) is 18.9 Å². The summed E-state index contributed by atoms with van der Waals surface area (Å²) in [7, 11) is 3.22. The van der Waals surface area contributed by atoms with E-state index in [1.807, 2.05) is 68.4 Å². The highest BCUT2D eigenvalue weighted by atomic mass is 16.5. The van der Waals surface area contributed by atoms with Crippen molar-refractivity contribution in [3.63, 3.8) is 0 Å². The van der Waals surface area contributed by atoms with E-state index in [9.17, 15) is 9.59 Å². The molecule has 1 N–H and O–H groups in total. The molecule has 9 heteroatoms. The smallest absolute Gasteiger partial charge is 0.328 e. The Balaban J connectivity index is 1.52. The van der Waals surface area contributed by atoms with E-state index in [2.05, 4.69) is 5.32 Å². The fourth-order valence-electron chi connectivity index (χ4n) is 4.62. The first-order valence-corrected chi connectivity index (χ1v) is 12.9. The van der Waals surface area contributed by atoms with Crippen LogP contribution in [-0.4, -0.2) is 53.3 Å². The van der Waals surface area contributed by atoms with Crippen molar-refractivity contribution in [1.82, 2.24) is 19.9 Å². The summed E-state index contributed by atoms with van der Waals surface area (Å²) in [5.74, 6) is 0.671. The molecular weight excluding hydrogens is 496 g/mol. The molecule has 0 unspecified atom stereocenters. The molecule has 9 nitrogen and oxygen atoms in total. The molecule has 204 valence electrons. The van der Waals surface area contributed by atoms with Crippen LogP contribution in [0.2, 0.25) is 0 Å². The number of amides is 1. The van der Waals surface area contributed by atoms with Gasteiger partial charge >= 0.3 is 5.97 Å².